The van der Waals surface area contributed by atoms with Crippen molar-refractivity contribution in [3.63, 3.8) is 0 Å². The van der Waals surface area contributed by atoms with Gasteiger partial charge < -0.3 is 9.47 Å². The Hall–Kier alpha value is -1.77. The third-order valence-electron chi connectivity index (χ3n) is 2.41. The molecule has 0 aliphatic carbocycles. The molecule has 0 fully saturated rings. The van der Waals surface area contributed by atoms with Crippen LogP contribution < -0.4 is 4.74 Å². The van der Waals surface area contributed by atoms with Gasteiger partial charge in [0.25, 0.3) is 0 Å². The first kappa shape index (κ1) is 15.3. The summed E-state index contributed by atoms with van der Waals surface area (Å²) in [7, 11) is 0. The summed E-state index contributed by atoms with van der Waals surface area (Å²) in [5, 5.41) is 0. The lowest BCUT2D eigenvalue weighted by molar-refractivity contribution is -0.137. The number of ether oxygens (including phenoxy) is 2. The van der Waals surface area contributed by atoms with Crippen molar-refractivity contribution in [3.8, 4) is 5.75 Å². The highest BCUT2D eigenvalue weighted by molar-refractivity contribution is 5.87. The summed E-state index contributed by atoms with van der Waals surface area (Å²) in [6.45, 7) is 6.52. The zero-order chi connectivity index (χ0) is 14.1. The lowest BCUT2D eigenvalue weighted by atomic mass is 10.2. The van der Waals surface area contributed by atoms with Crippen LogP contribution in [0.2, 0.25) is 0 Å². The maximum absolute atomic E-state index is 11.4. The van der Waals surface area contributed by atoms with Gasteiger partial charge >= 0.3 is 5.97 Å². The van der Waals surface area contributed by atoms with Crippen LogP contribution in [-0.2, 0) is 9.53 Å². The summed E-state index contributed by atoms with van der Waals surface area (Å²) in [6.07, 6.45) is 5.28. The molecular weight excluding hydrogens is 240 g/mol. The van der Waals surface area contributed by atoms with Gasteiger partial charge in [0.05, 0.1) is 12.7 Å². The molecule has 0 saturated heterocycles. The third-order valence-corrected chi connectivity index (χ3v) is 2.41. The van der Waals surface area contributed by atoms with E-state index in [4.69, 9.17) is 9.47 Å². The maximum atomic E-state index is 11.4. The molecule has 0 heterocycles. The molecular formula is C16H22O3. The van der Waals surface area contributed by atoms with Crippen molar-refractivity contribution < 1.29 is 14.3 Å². The summed E-state index contributed by atoms with van der Waals surface area (Å²) >= 11 is 0. The van der Waals surface area contributed by atoms with E-state index in [9.17, 15) is 4.79 Å². The summed E-state index contributed by atoms with van der Waals surface area (Å²) < 4.78 is 10.6. The van der Waals surface area contributed by atoms with Crippen LogP contribution in [0, 0.1) is 0 Å². The van der Waals surface area contributed by atoms with Crippen LogP contribution in [0.15, 0.2) is 30.3 Å². The monoisotopic (exact) mass is 262 g/mol. The number of benzene rings is 1. The van der Waals surface area contributed by atoms with E-state index < -0.39 is 0 Å². The first-order chi connectivity index (χ1) is 9.11. The fraction of sp³-hybridized carbons (Fsp3) is 0.438. The van der Waals surface area contributed by atoms with Crippen molar-refractivity contribution in [2.75, 3.05) is 6.61 Å². The summed E-state index contributed by atoms with van der Waals surface area (Å²) in [5.41, 5.74) is 0.948. The summed E-state index contributed by atoms with van der Waals surface area (Å²) in [4.78, 5) is 11.4. The van der Waals surface area contributed by atoms with Gasteiger partial charge in [-0.1, -0.05) is 25.5 Å². The average Bonchev–Trinajstić information content (AvgIpc) is 2.37. The highest BCUT2D eigenvalue weighted by Crippen LogP contribution is 2.14. The van der Waals surface area contributed by atoms with E-state index >= 15 is 0 Å². The molecule has 19 heavy (non-hydrogen) atoms. The Morgan fingerprint density at radius 2 is 1.95 bits per heavy atom. The Morgan fingerprint density at radius 1 is 1.26 bits per heavy atom. The number of unbranched alkanes of at least 4 members (excludes halogenated alkanes) is 1. The van der Waals surface area contributed by atoms with Crippen LogP contribution in [0.1, 0.15) is 39.2 Å². The Balaban J connectivity index is 2.46. The van der Waals surface area contributed by atoms with E-state index in [-0.39, 0.29) is 12.1 Å². The standard InChI is InChI=1S/C16H22O3/c1-4-5-12-18-16(17)11-8-14-6-9-15(10-7-14)19-13(2)3/h6-11,13H,4-5,12H2,1-3H3/b11-8-. The van der Waals surface area contributed by atoms with E-state index in [0.29, 0.717) is 6.61 Å². The van der Waals surface area contributed by atoms with Crippen LogP contribution in [0.5, 0.6) is 5.75 Å². The second-order valence-electron chi connectivity index (χ2n) is 4.59. The number of rotatable bonds is 7. The quantitative estimate of drug-likeness (QED) is 0.425. The zero-order valence-electron chi connectivity index (χ0n) is 11.9. The fourth-order valence-corrected chi connectivity index (χ4v) is 1.46. The normalized spacial score (nSPS) is 10.9. The summed E-state index contributed by atoms with van der Waals surface area (Å²) in [5.74, 6) is 0.536. The maximum Gasteiger partial charge on any atom is 0.330 e. The summed E-state index contributed by atoms with van der Waals surface area (Å²) in [6, 6.07) is 7.60. The van der Waals surface area contributed by atoms with E-state index in [2.05, 4.69) is 6.92 Å². The molecule has 0 saturated carbocycles. The van der Waals surface area contributed by atoms with Gasteiger partial charge in [-0.2, -0.15) is 0 Å². The Morgan fingerprint density at radius 3 is 2.53 bits per heavy atom. The molecule has 0 aromatic heterocycles. The van der Waals surface area contributed by atoms with Gasteiger partial charge in [-0.3, -0.25) is 0 Å². The molecule has 0 aliphatic rings. The number of carbonyl (C=O) groups is 1. The number of carbonyl (C=O) groups excluding carboxylic acids is 1. The lowest BCUT2D eigenvalue weighted by Gasteiger charge is -2.09. The molecule has 0 aliphatic heterocycles. The molecule has 1 rings (SSSR count). The van der Waals surface area contributed by atoms with Crippen LogP contribution in [0.3, 0.4) is 0 Å². The highest BCUT2D eigenvalue weighted by Gasteiger charge is 1.98. The lowest BCUT2D eigenvalue weighted by Crippen LogP contribution is -2.05. The van der Waals surface area contributed by atoms with Gasteiger partial charge in [0, 0.05) is 6.08 Å². The number of hydrogen-bond acceptors (Lipinski definition) is 3. The van der Waals surface area contributed by atoms with Gasteiger partial charge in [0.15, 0.2) is 0 Å². The van der Waals surface area contributed by atoms with E-state index in [0.717, 1.165) is 24.2 Å². The van der Waals surface area contributed by atoms with Crippen molar-refractivity contribution >= 4 is 12.0 Å². The van der Waals surface area contributed by atoms with Crippen molar-refractivity contribution in [3.05, 3.63) is 35.9 Å². The minimum absolute atomic E-state index is 0.162. The Bertz CT molecular complexity index is 405. The van der Waals surface area contributed by atoms with Crippen LogP contribution in [0.25, 0.3) is 6.08 Å². The SMILES string of the molecule is CCCCOC(=O)/C=C\c1ccc(OC(C)C)cc1. The van der Waals surface area contributed by atoms with E-state index in [1.165, 1.54) is 6.08 Å². The minimum Gasteiger partial charge on any atom is -0.491 e. The smallest absolute Gasteiger partial charge is 0.330 e. The van der Waals surface area contributed by atoms with Crippen LogP contribution in [-0.4, -0.2) is 18.7 Å². The van der Waals surface area contributed by atoms with Gasteiger partial charge in [-0.05, 0) is 44.0 Å². The van der Waals surface area contributed by atoms with Crippen molar-refractivity contribution in [1.29, 1.82) is 0 Å². The molecule has 0 spiro atoms. The van der Waals surface area contributed by atoms with Gasteiger partial charge in [-0.25, -0.2) is 4.79 Å². The van der Waals surface area contributed by atoms with Crippen molar-refractivity contribution in [2.45, 2.75) is 39.7 Å². The Labute approximate surface area is 115 Å². The molecule has 1 aromatic carbocycles. The molecule has 0 unspecified atom stereocenters. The zero-order valence-corrected chi connectivity index (χ0v) is 11.9. The Kier molecular flexibility index (Phi) is 6.72. The molecule has 0 radical (unpaired) electrons. The fourth-order valence-electron chi connectivity index (χ4n) is 1.46. The number of esters is 1. The third kappa shape index (κ3) is 6.65. The van der Waals surface area contributed by atoms with E-state index in [1.807, 2.05) is 38.1 Å². The van der Waals surface area contributed by atoms with Gasteiger partial charge in [0.1, 0.15) is 5.75 Å². The molecule has 3 nitrogen and oxygen atoms in total. The van der Waals surface area contributed by atoms with Gasteiger partial charge in [0.2, 0.25) is 0 Å². The highest BCUT2D eigenvalue weighted by atomic mass is 16.5. The molecule has 104 valence electrons. The molecule has 1 aromatic rings. The largest absolute Gasteiger partial charge is 0.491 e. The molecule has 0 atom stereocenters. The predicted octanol–water partition coefficient (Wildman–Crippen LogP) is 3.83. The van der Waals surface area contributed by atoms with Crippen LogP contribution in [0.4, 0.5) is 0 Å². The van der Waals surface area contributed by atoms with E-state index in [1.54, 1.807) is 6.08 Å². The second kappa shape index (κ2) is 8.35. The van der Waals surface area contributed by atoms with Crippen molar-refractivity contribution in [2.24, 2.45) is 0 Å². The average molecular weight is 262 g/mol. The molecule has 0 amide bonds. The first-order valence-corrected chi connectivity index (χ1v) is 6.73. The first-order valence-electron chi connectivity index (χ1n) is 6.73. The van der Waals surface area contributed by atoms with Gasteiger partial charge in [-0.15, -0.1) is 0 Å². The predicted molar refractivity (Wildman–Crippen MR) is 77.1 cm³/mol. The second-order valence-corrected chi connectivity index (χ2v) is 4.59. The molecule has 0 bridgehead atoms. The molecule has 0 N–H and O–H groups in total. The molecule has 3 heteroatoms. The minimum atomic E-state index is -0.295. The topological polar surface area (TPSA) is 35.5 Å². The van der Waals surface area contributed by atoms with Crippen LogP contribution >= 0.6 is 0 Å². The number of hydrogen-bond donors (Lipinski definition) is 0. The van der Waals surface area contributed by atoms with Crippen molar-refractivity contribution in [1.82, 2.24) is 0 Å².